The van der Waals surface area contributed by atoms with Gasteiger partial charge in [0.25, 0.3) is 0 Å². The molecule has 80 valence electrons. The number of carboxylic acids is 1. The van der Waals surface area contributed by atoms with E-state index in [-0.39, 0.29) is 0 Å². The molecule has 0 aliphatic carbocycles. The van der Waals surface area contributed by atoms with Gasteiger partial charge in [0.1, 0.15) is 6.42 Å². The number of amides is 1. The van der Waals surface area contributed by atoms with Crippen molar-refractivity contribution in [3.63, 3.8) is 0 Å². The molecule has 0 unspecified atom stereocenters. The Balaban J connectivity index is 2.43. The fourth-order valence-corrected chi connectivity index (χ4v) is 1.49. The summed E-state index contributed by atoms with van der Waals surface area (Å²) < 4.78 is 0.924. The van der Waals surface area contributed by atoms with Gasteiger partial charge >= 0.3 is 5.97 Å². The van der Waals surface area contributed by atoms with Crippen LogP contribution in [0.5, 0.6) is 0 Å². The van der Waals surface area contributed by atoms with E-state index in [2.05, 4.69) is 21.2 Å². The fraction of sp³-hybridized carbons (Fsp3) is 0.200. The van der Waals surface area contributed by atoms with Crippen LogP contribution in [0.4, 0.5) is 0 Å². The minimum absolute atomic E-state index is 0.339. The number of hydrogen-bond donors (Lipinski definition) is 2. The van der Waals surface area contributed by atoms with E-state index in [0.717, 1.165) is 10.0 Å². The lowest BCUT2D eigenvalue weighted by Crippen LogP contribution is -2.24. The number of carbonyl (C=O) groups is 2. The number of carbonyl (C=O) groups excluding carboxylic acids is 1. The fourth-order valence-electron chi connectivity index (χ4n) is 1.05. The van der Waals surface area contributed by atoms with Gasteiger partial charge in [0.15, 0.2) is 0 Å². The van der Waals surface area contributed by atoms with E-state index in [1.54, 1.807) is 0 Å². The second kappa shape index (κ2) is 5.50. The van der Waals surface area contributed by atoms with Crippen LogP contribution < -0.4 is 5.32 Å². The Morgan fingerprint density at radius 1 is 1.40 bits per heavy atom. The van der Waals surface area contributed by atoms with Crippen molar-refractivity contribution in [2.24, 2.45) is 0 Å². The molecule has 0 aliphatic heterocycles. The summed E-state index contributed by atoms with van der Waals surface area (Å²) in [5.41, 5.74) is 0.920. The van der Waals surface area contributed by atoms with E-state index in [4.69, 9.17) is 5.11 Å². The van der Waals surface area contributed by atoms with Gasteiger partial charge in [0.2, 0.25) is 5.91 Å². The number of benzene rings is 1. The second-order valence-corrected chi connectivity index (χ2v) is 3.89. The van der Waals surface area contributed by atoms with Crippen LogP contribution >= 0.6 is 15.9 Å². The van der Waals surface area contributed by atoms with E-state index in [9.17, 15) is 9.59 Å². The Labute approximate surface area is 95.4 Å². The second-order valence-electron chi connectivity index (χ2n) is 2.98. The highest BCUT2D eigenvalue weighted by molar-refractivity contribution is 9.10. The summed E-state index contributed by atoms with van der Waals surface area (Å²) in [6.45, 7) is 0.339. The van der Waals surface area contributed by atoms with Gasteiger partial charge in [-0.2, -0.15) is 0 Å². The Morgan fingerprint density at radius 3 is 2.73 bits per heavy atom. The SMILES string of the molecule is O=C(O)CC(=O)NCc1cccc(Br)c1. The normalized spacial score (nSPS) is 9.67. The highest BCUT2D eigenvalue weighted by Gasteiger charge is 2.06. The standard InChI is InChI=1S/C10H10BrNO3/c11-8-3-1-2-7(4-8)6-12-9(13)5-10(14)15/h1-4H,5-6H2,(H,12,13)(H,14,15). The molecule has 0 bridgehead atoms. The number of carboxylic acid groups (broad SMARTS) is 1. The molecule has 1 aromatic carbocycles. The molecule has 0 aromatic heterocycles. The molecule has 1 rings (SSSR count). The predicted octanol–water partition coefficient (Wildman–Crippen LogP) is 1.54. The number of hydrogen-bond acceptors (Lipinski definition) is 2. The Kier molecular flexibility index (Phi) is 4.30. The third-order valence-corrected chi connectivity index (χ3v) is 2.18. The van der Waals surface area contributed by atoms with E-state index in [0.29, 0.717) is 6.54 Å². The summed E-state index contributed by atoms with van der Waals surface area (Å²) in [7, 11) is 0. The first kappa shape index (κ1) is 11.7. The molecule has 0 radical (unpaired) electrons. The maximum atomic E-state index is 11.0. The lowest BCUT2D eigenvalue weighted by atomic mass is 10.2. The van der Waals surface area contributed by atoms with Crippen LogP contribution in [-0.4, -0.2) is 17.0 Å². The number of rotatable bonds is 4. The summed E-state index contributed by atoms with van der Waals surface area (Å²) >= 11 is 3.30. The van der Waals surface area contributed by atoms with Gasteiger partial charge in [-0.15, -0.1) is 0 Å². The van der Waals surface area contributed by atoms with Gasteiger partial charge < -0.3 is 10.4 Å². The molecule has 0 fully saturated rings. The molecule has 0 spiro atoms. The van der Waals surface area contributed by atoms with Gasteiger partial charge in [0.05, 0.1) is 0 Å². The number of nitrogens with one attached hydrogen (secondary N) is 1. The quantitative estimate of drug-likeness (QED) is 0.817. The molecule has 15 heavy (non-hydrogen) atoms. The lowest BCUT2D eigenvalue weighted by molar-refractivity contribution is -0.140. The zero-order valence-electron chi connectivity index (χ0n) is 7.87. The third kappa shape index (κ3) is 4.60. The summed E-state index contributed by atoms with van der Waals surface area (Å²) in [4.78, 5) is 21.2. The van der Waals surface area contributed by atoms with Crippen molar-refractivity contribution >= 4 is 27.8 Å². The van der Waals surface area contributed by atoms with Crippen LogP contribution in [-0.2, 0) is 16.1 Å². The minimum atomic E-state index is -1.12. The van der Waals surface area contributed by atoms with Gasteiger partial charge in [-0.3, -0.25) is 9.59 Å². The van der Waals surface area contributed by atoms with Gasteiger partial charge in [-0.05, 0) is 17.7 Å². The molecule has 0 saturated heterocycles. The molecular formula is C10H10BrNO3. The zero-order chi connectivity index (χ0) is 11.3. The van der Waals surface area contributed by atoms with Gasteiger partial charge in [-0.25, -0.2) is 0 Å². The Morgan fingerprint density at radius 2 is 2.13 bits per heavy atom. The monoisotopic (exact) mass is 271 g/mol. The molecule has 4 nitrogen and oxygen atoms in total. The van der Waals surface area contributed by atoms with Crippen molar-refractivity contribution in [1.29, 1.82) is 0 Å². The maximum Gasteiger partial charge on any atom is 0.312 e. The maximum absolute atomic E-state index is 11.0. The first-order valence-electron chi connectivity index (χ1n) is 4.31. The van der Waals surface area contributed by atoms with Crippen molar-refractivity contribution in [2.45, 2.75) is 13.0 Å². The molecule has 5 heteroatoms. The van der Waals surface area contributed by atoms with E-state index >= 15 is 0 Å². The van der Waals surface area contributed by atoms with Crippen molar-refractivity contribution < 1.29 is 14.7 Å². The van der Waals surface area contributed by atoms with Crippen LogP contribution in [0.25, 0.3) is 0 Å². The molecule has 0 atom stereocenters. The van der Waals surface area contributed by atoms with Crippen LogP contribution in [0, 0.1) is 0 Å². The molecule has 2 N–H and O–H groups in total. The average molecular weight is 272 g/mol. The number of halogens is 1. The van der Waals surface area contributed by atoms with Crippen molar-refractivity contribution in [3.05, 3.63) is 34.3 Å². The summed E-state index contributed by atoms with van der Waals surface area (Å²) in [6, 6.07) is 7.44. The van der Waals surface area contributed by atoms with Gasteiger partial charge in [-0.1, -0.05) is 28.1 Å². The van der Waals surface area contributed by atoms with Crippen LogP contribution in [0.2, 0.25) is 0 Å². The lowest BCUT2D eigenvalue weighted by Gasteiger charge is -2.03. The molecule has 0 saturated carbocycles. The Bertz CT molecular complexity index is 379. The molecule has 1 amide bonds. The van der Waals surface area contributed by atoms with E-state index < -0.39 is 18.3 Å². The van der Waals surface area contributed by atoms with Gasteiger partial charge in [0, 0.05) is 11.0 Å². The summed E-state index contributed by atoms with van der Waals surface area (Å²) in [5, 5.41) is 10.9. The van der Waals surface area contributed by atoms with Crippen LogP contribution in [0.3, 0.4) is 0 Å². The molecular weight excluding hydrogens is 262 g/mol. The first-order chi connectivity index (χ1) is 7.08. The summed E-state index contributed by atoms with van der Waals surface area (Å²) in [5.74, 6) is -1.61. The molecule has 1 aromatic rings. The molecule has 0 heterocycles. The smallest absolute Gasteiger partial charge is 0.312 e. The highest BCUT2D eigenvalue weighted by Crippen LogP contribution is 2.11. The first-order valence-corrected chi connectivity index (χ1v) is 5.10. The topological polar surface area (TPSA) is 66.4 Å². The molecule has 0 aliphatic rings. The zero-order valence-corrected chi connectivity index (χ0v) is 9.45. The van der Waals surface area contributed by atoms with Crippen molar-refractivity contribution in [1.82, 2.24) is 5.32 Å². The number of aliphatic carboxylic acids is 1. The highest BCUT2D eigenvalue weighted by atomic mass is 79.9. The predicted molar refractivity (Wildman–Crippen MR) is 58.2 cm³/mol. The van der Waals surface area contributed by atoms with E-state index in [1.165, 1.54) is 0 Å². The van der Waals surface area contributed by atoms with Crippen LogP contribution in [0.1, 0.15) is 12.0 Å². The third-order valence-electron chi connectivity index (χ3n) is 1.69. The van der Waals surface area contributed by atoms with E-state index in [1.807, 2.05) is 24.3 Å². The largest absolute Gasteiger partial charge is 0.481 e. The Hall–Kier alpha value is -1.36. The summed E-state index contributed by atoms with van der Waals surface area (Å²) in [6.07, 6.45) is -0.492. The van der Waals surface area contributed by atoms with Crippen molar-refractivity contribution in [3.8, 4) is 0 Å². The average Bonchev–Trinajstić information content (AvgIpc) is 2.14. The van der Waals surface area contributed by atoms with Crippen molar-refractivity contribution in [2.75, 3.05) is 0 Å². The minimum Gasteiger partial charge on any atom is -0.481 e. The van der Waals surface area contributed by atoms with Crippen LogP contribution in [0.15, 0.2) is 28.7 Å².